The third-order valence-electron chi connectivity index (χ3n) is 4.94. The van der Waals surface area contributed by atoms with Gasteiger partial charge in [-0.05, 0) is 42.9 Å². The molecule has 1 N–H and O–H groups in total. The topological polar surface area (TPSA) is 33.1 Å². The highest BCUT2D eigenvalue weighted by molar-refractivity contribution is 5.39. The average molecular weight is 368 g/mol. The third-order valence-corrected chi connectivity index (χ3v) is 4.94. The van der Waals surface area contributed by atoms with Crippen molar-refractivity contribution in [2.45, 2.75) is 26.1 Å². The van der Waals surface area contributed by atoms with Crippen LogP contribution >= 0.6 is 0 Å². The normalized spacial score (nSPS) is 14.3. The van der Waals surface area contributed by atoms with E-state index in [2.05, 4.69) is 10.2 Å². The second-order valence-electron chi connectivity index (χ2n) is 6.88. The lowest BCUT2D eigenvalue weighted by Crippen LogP contribution is -2.31. The zero-order valence-electron chi connectivity index (χ0n) is 15.3. The average Bonchev–Trinajstić information content (AvgIpc) is 3.02. The van der Waals surface area contributed by atoms with E-state index in [1.165, 1.54) is 29.8 Å². The Morgan fingerprint density at radius 3 is 2.63 bits per heavy atom. The van der Waals surface area contributed by atoms with Crippen LogP contribution in [-0.4, -0.2) is 28.3 Å². The molecular weight excluding hydrogens is 346 g/mol. The van der Waals surface area contributed by atoms with E-state index in [9.17, 15) is 8.78 Å². The SMILES string of the molecule is CNCc1nn(-c2cccc(F)c2)c2c1CN(Cc1ccc(F)cc1)CC2. The molecule has 0 unspecified atom stereocenters. The Hall–Kier alpha value is -2.57. The predicted molar refractivity (Wildman–Crippen MR) is 101 cm³/mol. The molecule has 6 heteroatoms. The van der Waals surface area contributed by atoms with Gasteiger partial charge >= 0.3 is 0 Å². The van der Waals surface area contributed by atoms with E-state index >= 15 is 0 Å². The fraction of sp³-hybridized carbons (Fsp3) is 0.286. The summed E-state index contributed by atoms with van der Waals surface area (Å²) in [6.07, 6.45) is 0.837. The largest absolute Gasteiger partial charge is 0.314 e. The lowest BCUT2D eigenvalue weighted by Gasteiger charge is -2.28. The Morgan fingerprint density at radius 2 is 1.89 bits per heavy atom. The minimum atomic E-state index is -0.263. The number of hydrogen-bond donors (Lipinski definition) is 1. The standard InChI is InChI=1S/C21H22F2N4/c1-24-12-20-19-14-26(13-15-5-7-16(22)8-6-15)10-9-21(19)27(25-20)18-4-2-3-17(23)11-18/h2-8,11,24H,9-10,12-14H2,1H3. The molecule has 4 rings (SSSR count). The monoisotopic (exact) mass is 368 g/mol. The summed E-state index contributed by atoms with van der Waals surface area (Å²) in [5.74, 6) is -0.479. The van der Waals surface area contributed by atoms with Gasteiger partial charge in [0.1, 0.15) is 11.6 Å². The van der Waals surface area contributed by atoms with Gasteiger partial charge in [0, 0.05) is 38.2 Å². The van der Waals surface area contributed by atoms with Gasteiger partial charge in [-0.2, -0.15) is 5.10 Å². The van der Waals surface area contributed by atoms with Gasteiger partial charge in [0.15, 0.2) is 0 Å². The van der Waals surface area contributed by atoms with Gasteiger partial charge < -0.3 is 5.32 Å². The van der Waals surface area contributed by atoms with Gasteiger partial charge in [-0.1, -0.05) is 18.2 Å². The molecule has 1 aliphatic rings. The molecule has 27 heavy (non-hydrogen) atoms. The molecule has 2 heterocycles. The number of fused-ring (bicyclic) bond motifs is 1. The van der Waals surface area contributed by atoms with Crippen LogP contribution < -0.4 is 5.32 Å². The van der Waals surface area contributed by atoms with Gasteiger partial charge in [-0.15, -0.1) is 0 Å². The second kappa shape index (κ2) is 7.58. The summed E-state index contributed by atoms with van der Waals surface area (Å²) in [5, 5.41) is 7.93. The first kappa shape index (κ1) is 17.8. The summed E-state index contributed by atoms with van der Waals surface area (Å²) in [7, 11) is 1.90. The van der Waals surface area contributed by atoms with E-state index < -0.39 is 0 Å². The molecule has 0 saturated carbocycles. The Labute approximate surface area is 157 Å². The summed E-state index contributed by atoms with van der Waals surface area (Å²) < 4.78 is 28.7. The molecule has 0 radical (unpaired) electrons. The van der Waals surface area contributed by atoms with Crippen LogP contribution in [0.5, 0.6) is 0 Å². The lowest BCUT2D eigenvalue weighted by molar-refractivity contribution is 0.243. The van der Waals surface area contributed by atoms with E-state index in [1.807, 2.05) is 29.9 Å². The summed E-state index contributed by atoms with van der Waals surface area (Å²) in [6.45, 7) is 3.09. The van der Waals surface area contributed by atoms with Crippen LogP contribution in [0.15, 0.2) is 48.5 Å². The highest BCUT2D eigenvalue weighted by Crippen LogP contribution is 2.26. The minimum Gasteiger partial charge on any atom is -0.314 e. The van der Waals surface area contributed by atoms with Crippen LogP contribution in [-0.2, 0) is 26.1 Å². The molecule has 0 fully saturated rings. The van der Waals surface area contributed by atoms with Crippen LogP contribution in [0.4, 0.5) is 8.78 Å². The molecule has 0 saturated heterocycles. The van der Waals surface area contributed by atoms with Gasteiger partial charge in [0.25, 0.3) is 0 Å². The van der Waals surface area contributed by atoms with Crippen molar-refractivity contribution in [2.75, 3.05) is 13.6 Å². The Morgan fingerprint density at radius 1 is 1.07 bits per heavy atom. The number of nitrogens with zero attached hydrogens (tertiary/aromatic N) is 3. The fourth-order valence-electron chi connectivity index (χ4n) is 3.66. The molecule has 1 aromatic heterocycles. The summed E-state index contributed by atoms with van der Waals surface area (Å²) >= 11 is 0. The molecule has 3 aromatic rings. The van der Waals surface area contributed by atoms with E-state index in [1.54, 1.807) is 6.07 Å². The van der Waals surface area contributed by atoms with Crippen molar-refractivity contribution in [1.82, 2.24) is 20.0 Å². The number of benzene rings is 2. The lowest BCUT2D eigenvalue weighted by atomic mass is 10.0. The number of halogens is 2. The van der Waals surface area contributed by atoms with Crippen molar-refractivity contribution in [2.24, 2.45) is 0 Å². The number of hydrogen-bond acceptors (Lipinski definition) is 3. The predicted octanol–water partition coefficient (Wildman–Crippen LogP) is 3.43. The number of rotatable bonds is 5. The molecule has 0 bridgehead atoms. The highest BCUT2D eigenvalue weighted by Gasteiger charge is 2.25. The molecule has 0 amide bonds. The fourth-order valence-corrected chi connectivity index (χ4v) is 3.66. The molecule has 0 spiro atoms. The van der Waals surface area contributed by atoms with E-state index in [4.69, 9.17) is 5.10 Å². The molecule has 0 atom stereocenters. The van der Waals surface area contributed by atoms with Crippen molar-refractivity contribution in [3.8, 4) is 5.69 Å². The maximum absolute atomic E-state index is 13.7. The maximum atomic E-state index is 13.7. The molecule has 4 nitrogen and oxygen atoms in total. The van der Waals surface area contributed by atoms with Crippen molar-refractivity contribution < 1.29 is 8.78 Å². The van der Waals surface area contributed by atoms with Gasteiger partial charge in [-0.25, -0.2) is 13.5 Å². The van der Waals surface area contributed by atoms with Crippen molar-refractivity contribution in [3.63, 3.8) is 0 Å². The second-order valence-corrected chi connectivity index (χ2v) is 6.88. The highest BCUT2D eigenvalue weighted by atomic mass is 19.1. The van der Waals surface area contributed by atoms with E-state index in [-0.39, 0.29) is 11.6 Å². The van der Waals surface area contributed by atoms with Gasteiger partial charge in [0.05, 0.1) is 17.1 Å². The zero-order chi connectivity index (χ0) is 18.8. The van der Waals surface area contributed by atoms with Crippen LogP contribution in [0, 0.1) is 11.6 Å². The first-order chi connectivity index (χ1) is 13.1. The van der Waals surface area contributed by atoms with Crippen LogP contribution in [0.1, 0.15) is 22.5 Å². The Bertz CT molecular complexity index is 934. The molecule has 0 aliphatic carbocycles. The summed E-state index contributed by atoms with van der Waals surface area (Å²) in [6, 6.07) is 13.2. The summed E-state index contributed by atoms with van der Waals surface area (Å²) in [5.41, 5.74) is 5.16. The third kappa shape index (κ3) is 3.77. The first-order valence-electron chi connectivity index (χ1n) is 9.11. The summed E-state index contributed by atoms with van der Waals surface area (Å²) in [4.78, 5) is 2.34. The minimum absolute atomic E-state index is 0.215. The van der Waals surface area contributed by atoms with Crippen molar-refractivity contribution >= 4 is 0 Å². The smallest absolute Gasteiger partial charge is 0.125 e. The molecule has 140 valence electrons. The first-order valence-corrected chi connectivity index (χ1v) is 9.11. The van der Waals surface area contributed by atoms with Gasteiger partial charge in [0.2, 0.25) is 0 Å². The number of nitrogens with one attached hydrogen (secondary N) is 1. The maximum Gasteiger partial charge on any atom is 0.125 e. The Kier molecular flexibility index (Phi) is 5.01. The Balaban J connectivity index is 1.63. The van der Waals surface area contributed by atoms with E-state index in [0.29, 0.717) is 6.54 Å². The number of aromatic nitrogens is 2. The molecule has 1 aliphatic heterocycles. The molecular formula is C21H22F2N4. The van der Waals surface area contributed by atoms with Crippen LogP contribution in [0.2, 0.25) is 0 Å². The zero-order valence-corrected chi connectivity index (χ0v) is 15.3. The van der Waals surface area contributed by atoms with Crippen LogP contribution in [0.3, 0.4) is 0 Å². The van der Waals surface area contributed by atoms with Crippen molar-refractivity contribution in [1.29, 1.82) is 0 Å². The van der Waals surface area contributed by atoms with E-state index in [0.717, 1.165) is 48.7 Å². The van der Waals surface area contributed by atoms with Gasteiger partial charge in [-0.3, -0.25) is 4.90 Å². The molecule has 2 aromatic carbocycles. The van der Waals surface area contributed by atoms with Crippen molar-refractivity contribution in [3.05, 3.63) is 82.7 Å². The quantitative estimate of drug-likeness (QED) is 0.749. The van der Waals surface area contributed by atoms with Crippen LogP contribution in [0.25, 0.3) is 5.69 Å².